The smallest absolute Gasteiger partial charge is 0.130 e. The number of aryl methyl sites for hydroxylation is 1. The first-order valence-corrected chi connectivity index (χ1v) is 6.54. The van der Waals surface area contributed by atoms with Crippen molar-refractivity contribution in [1.82, 2.24) is 0 Å². The molecule has 1 nitrogen and oxygen atoms in total. The van der Waals surface area contributed by atoms with E-state index in [2.05, 4.69) is 0 Å². The van der Waals surface area contributed by atoms with Crippen LogP contribution in [0, 0.1) is 12.7 Å². The van der Waals surface area contributed by atoms with E-state index in [1.165, 1.54) is 11.6 Å². The molecule has 0 heterocycles. The summed E-state index contributed by atoms with van der Waals surface area (Å²) >= 11 is 0. The van der Waals surface area contributed by atoms with Gasteiger partial charge in [0.15, 0.2) is 0 Å². The molecule has 0 bridgehead atoms. The zero-order chi connectivity index (χ0) is 13.8. The third-order valence-corrected chi connectivity index (χ3v) is 3.12. The first-order chi connectivity index (χ1) is 9.06. The third-order valence-electron chi connectivity index (χ3n) is 3.12. The molecule has 0 aliphatic heterocycles. The highest BCUT2D eigenvalue weighted by Gasteiger charge is 2.07. The van der Waals surface area contributed by atoms with Crippen LogP contribution in [0.2, 0.25) is 0 Å². The van der Waals surface area contributed by atoms with Crippen LogP contribution in [0.4, 0.5) is 4.39 Å². The van der Waals surface area contributed by atoms with Gasteiger partial charge in [0.25, 0.3) is 0 Å². The van der Waals surface area contributed by atoms with E-state index >= 15 is 0 Å². The Kier molecular flexibility index (Phi) is 4.20. The minimum atomic E-state index is -0.198. The molecular weight excluding hydrogens is 239 g/mol. The lowest BCUT2D eigenvalue weighted by molar-refractivity contribution is 0.304. The van der Waals surface area contributed by atoms with Gasteiger partial charge in [-0.3, -0.25) is 0 Å². The highest BCUT2D eigenvalue weighted by Crippen LogP contribution is 2.23. The standard InChI is InChI=1S/C17H19FO/c1-12(2)16-9-8-15(10-17(16)18)19-11-14-6-4-13(3)5-7-14/h4-10,12H,11H2,1-3H3. The maximum atomic E-state index is 13.8. The van der Waals surface area contributed by atoms with Gasteiger partial charge in [-0.25, -0.2) is 4.39 Å². The van der Waals surface area contributed by atoms with Crippen LogP contribution in [0.25, 0.3) is 0 Å². The summed E-state index contributed by atoms with van der Waals surface area (Å²) in [5.41, 5.74) is 3.03. The first-order valence-electron chi connectivity index (χ1n) is 6.54. The van der Waals surface area contributed by atoms with Crippen molar-refractivity contribution in [3.63, 3.8) is 0 Å². The summed E-state index contributed by atoms with van der Waals surface area (Å²) in [6.45, 7) is 6.46. The second-order valence-corrected chi connectivity index (χ2v) is 5.11. The molecule has 0 unspecified atom stereocenters. The molecule has 0 radical (unpaired) electrons. The maximum Gasteiger partial charge on any atom is 0.130 e. The van der Waals surface area contributed by atoms with Gasteiger partial charge in [-0.2, -0.15) is 0 Å². The first kappa shape index (κ1) is 13.6. The predicted molar refractivity (Wildman–Crippen MR) is 76.0 cm³/mol. The quantitative estimate of drug-likeness (QED) is 0.762. The lowest BCUT2D eigenvalue weighted by Crippen LogP contribution is -1.98. The van der Waals surface area contributed by atoms with Crippen molar-refractivity contribution in [1.29, 1.82) is 0 Å². The Morgan fingerprint density at radius 3 is 2.32 bits per heavy atom. The van der Waals surface area contributed by atoms with Crippen molar-refractivity contribution in [3.05, 3.63) is 65.0 Å². The summed E-state index contributed by atoms with van der Waals surface area (Å²) in [6, 6.07) is 13.2. The zero-order valence-electron chi connectivity index (χ0n) is 11.6. The Hall–Kier alpha value is -1.83. The molecule has 100 valence electrons. The molecule has 0 spiro atoms. The number of halogens is 1. The number of hydrogen-bond donors (Lipinski definition) is 0. The molecule has 2 aromatic rings. The van der Waals surface area contributed by atoms with E-state index in [4.69, 9.17) is 4.74 Å². The summed E-state index contributed by atoms with van der Waals surface area (Å²) in [5.74, 6) is 0.560. The van der Waals surface area contributed by atoms with Crippen LogP contribution < -0.4 is 4.74 Å². The molecule has 2 rings (SSSR count). The average Bonchev–Trinajstić information content (AvgIpc) is 2.37. The monoisotopic (exact) mass is 258 g/mol. The molecular formula is C17H19FO. The molecule has 2 heteroatoms. The molecule has 0 N–H and O–H groups in total. The van der Waals surface area contributed by atoms with Gasteiger partial charge in [0.2, 0.25) is 0 Å². The van der Waals surface area contributed by atoms with Crippen LogP contribution in [0.15, 0.2) is 42.5 Å². The Balaban J connectivity index is 2.04. The molecule has 19 heavy (non-hydrogen) atoms. The fraction of sp³-hybridized carbons (Fsp3) is 0.294. The number of hydrogen-bond acceptors (Lipinski definition) is 1. The summed E-state index contributed by atoms with van der Waals surface area (Å²) in [7, 11) is 0. The van der Waals surface area contributed by atoms with E-state index in [0.29, 0.717) is 12.4 Å². The fourth-order valence-corrected chi connectivity index (χ4v) is 1.92. The topological polar surface area (TPSA) is 9.23 Å². The molecule has 0 aliphatic carbocycles. The molecule has 2 aromatic carbocycles. The average molecular weight is 258 g/mol. The van der Waals surface area contributed by atoms with Crippen molar-refractivity contribution >= 4 is 0 Å². The molecule has 0 aliphatic rings. The summed E-state index contributed by atoms with van der Waals surface area (Å²) in [4.78, 5) is 0. The van der Waals surface area contributed by atoms with Crippen LogP contribution in [0.1, 0.15) is 36.5 Å². The van der Waals surface area contributed by atoms with E-state index in [0.717, 1.165) is 11.1 Å². The lowest BCUT2D eigenvalue weighted by atomic mass is 10.0. The maximum absolute atomic E-state index is 13.8. The van der Waals surface area contributed by atoms with Gasteiger partial charge >= 0.3 is 0 Å². The highest BCUT2D eigenvalue weighted by atomic mass is 19.1. The Morgan fingerprint density at radius 1 is 1.05 bits per heavy atom. The van der Waals surface area contributed by atoms with Gasteiger partial charge in [0.1, 0.15) is 18.2 Å². The van der Waals surface area contributed by atoms with Gasteiger partial charge < -0.3 is 4.74 Å². The van der Waals surface area contributed by atoms with Gasteiger partial charge in [-0.15, -0.1) is 0 Å². The van der Waals surface area contributed by atoms with Crippen molar-refractivity contribution in [2.45, 2.75) is 33.3 Å². The zero-order valence-corrected chi connectivity index (χ0v) is 11.6. The van der Waals surface area contributed by atoms with Crippen LogP contribution in [0.5, 0.6) is 5.75 Å². The predicted octanol–water partition coefficient (Wildman–Crippen LogP) is 4.84. The largest absolute Gasteiger partial charge is 0.489 e. The Morgan fingerprint density at radius 2 is 1.74 bits per heavy atom. The fourth-order valence-electron chi connectivity index (χ4n) is 1.92. The van der Waals surface area contributed by atoms with Gasteiger partial charge in [0, 0.05) is 6.07 Å². The molecule has 0 atom stereocenters. The van der Waals surface area contributed by atoms with Crippen LogP contribution in [-0.2, 0) is 6.61 Å². The SMILES string of the molecule is Cc1ccc(COc2ccc(C(C)C)c(F)c2)cc1. The van der Waals surface area contributed by atoms with E-state index in [1.807, 2.05) is 51.1 Å². The minimum Gasteiger partial charge on any atom is -0.489 e. The van der Waals surface area contributed by atoms with Crippen molar-refractivity contribution < 1.29 is 9.13 Å². The van der Waals surface area contributed by atoms with E-state index in [-0.39, 0.29) is 11.7 Å². The molecule has 0 aromatic heterocycles. The van der Waals surface area contributed by atoms with Crippen molar-refractivity contribution in [2.24, 2.45) is 0 Å². The third kappa shape index (κ3) is 3.57. The second-order valence-electron chi connectivity index (χ2n) is 5.11. The van der Waals surface area contributed by atoms with Gasteiger partial charge in [0.05, 0.1) is 0 Å². The lowest BCUT2D eigenvalue weighted by Gasteiger charge is -2.10. The number of rotatable bonds is 4. The molecule has 0 fully saturated rings. The van der Waals surface area contributed by atoms with E-state index in [1.54, 1.807) is 6.07 Å². The minimum absolute atomic E-state index is 0.186. The van der Waals surface area contributed by atoms with E-state index in [9.17, 15) is 4.39 Å². The summed E-state index contributed by atoms with van der Waals surface area (Å²) < 4.78 is 19.4. The summed E-state index contributed by atoms with van der Waals surface area (Å²) in [6.07, 6.45) is 0. The number of ether oxygens (including phenoxy) is 1. The molecule has 0 amide bonds. The van der Waals surface area contributed by atoms with Gasteiger partial charge in [-0.05, 0) is 30.0 Å². The molecule has 0 saturated carbocycles. The highest BCUT2D eigenvalue weighted by molar-refractivity contribution is 5.31. The molecule has 0 saturated heterocycles. The van der Waals surface area contributed by atoms with Gasteiger partial charge in [-0.1, -0.05) is 49.7 Å². The Bertz CT molecular complexity index is 544. The second kappa shape index (κ2) is 5.87. The van der Waals surface area contributed by atoms with Crippen LogP contribution >= 0.6 is 0 Å². The van der Waals surface area contributed by atoms with Crippen molar-refractivity contribution in [2.75, 3.05) is 0 Å². The van der Waals surface area contributed by atoms with Crippen molar-refractivity contribution in [3.8, 4) is 5.75 Å². The normalized spacial score (nSPS) is 10.8. The summed E-state index contributed by atoms with van der Waals surface area (Å²) in [5, 5.41) is 0. The van der Waals surface area contributed by atoms with Crippen LogP contribution in [0.3, 0.4) is 0 Å². The number of benzene rings is 2. The van der Waals surface area contributed by atoms with Crippen LogP contribution in [-0.4, -0.2) is 0 Å². The van der Waals surface area contributed by atoms with E-state index < -0.39 is 0 Å². The Labute approximate surface area is 114 Å².